The van der Waals surface area contributed by atoms with E-state index in [2.05, 4.69) is 19.2 Å². The van der Waals surface area contributed by atoms with Crippen molar-refractivity contribution in [2.75, 3.05) is 5.32 Å². The third kappa shape index (κ3) is 2.27. The van der Waals surface area contributed by atoms with Gasteiger partial charge in [0, 0.05) is 23.7 Å². The van der Waals surface area contributed by atoms with E-state index in [9.17, 15) is 14.9 Å². The fraction of sp³-hybridized carbons (Fsp3) is 0.318. The highest BCUT2D eigenvalue weighted by molar-refractivity contribution is 6.01. The number of carbonyl (C=O) groups excluding carboxylic acids is 1. The van der Waals surface area contributed by atoms with E-state index < -0.39 is 10.3 Å². The predicted octanol–water partition coefficient (Wildman–Crippen LogP) is 4.33. The third-order valence-corrected chi connectivity index (χ3v) is 6.81. The van der Waals surface area contributed by atoms with Crippen molar-refractivity contribution >= 4 is 28.3 Å². The van der Waals surface area contributed by atoms with Crippen molar-refractivity contribution in [1.29, 1.82) is 0 Å². The molecule has 1 aromatic heterocycles. The first kappa shape index (κ1) is 17.7. The molecule has 146 valence electrons. The molecule has 1 heterocycles. The van der Waals surface area contributed by atoms with E-state index in [1.54, 1.807) is 12.1 Å². The smallest absolute Gasteiger partial charge is 0.271 e. The maximum absolute atomic E-state index is 13.6. The van der Waals surface area contributed by atoms with Gasteiger partial charge in [-0.3, -0.25) is 14.9 Å². The predicted molar refractivity (Wildman–Crippen MR) is 109 cm³/mol. The molecule has 0 spiro atoms. The van der Waals surface area contributed by atoms with Crippen LogP contribution in [0.3, 0.4) is 0 Å². The largest absolute Gasteiger partial charge is 0.325 e. The molecular formula is C22H20N4O3. The Labute approximate surface area is 167 Å². The minimum atomic E-state index is -0.811. The zero-order valence-electron chi connectivity index (χ0n) is 16.2. The lowest BCUT2D eigenvalue weighted by molar-refractivity contribution is -0.384. The average Bonchev–Trinajstić information content (AvgIpc) is 3.08. The highest BCUT2D eigenvalue weighted by Crippen LogP contribution is 2.67. The van der Waals surface area contributed by atoms with Crippen LogP contribution >= 0.6 is 0 Å². The number of hydrogen-bond donors (Lipinski definition) is 1. The molecule has 29 heavy (non-hydrogen) atoms. The second-order valence-corrected chi connectivity index (χ2v) is 8.43. The second kappa shape index (κ2) is 5.83. The maximum atomic E-state index is 13.6. The van der Waals surface area contributed by atoms with Gasteiger partial charge in [0.1, 0.15) is 0 Å². The highest BCUT2D eigenvalue weighted by Gasteiger charge is 2.67. The Morgan fingerprint density at radius 2 is 1.86 bits per heavy atom. The Bertz CT molecular complexity index is 1190. The normalized spacial score (nSPS) is 23.7. The Morgan fingerprint density at radius 3 is 2.59 bits per heavy atom. The summed E-state index contributed by atoms with van der Waals surface area (Å²) in [7, 11) is 0. The molecule has 0 saturated heterocycles. The molecule has 2 bridgehead atoms. The minimum absolute atomic E-state index is 0.0542. The molecule has 7 heteroatoms. The molecule has 3 aromatic rings. The molecule has 2 aliphatic carbocycles. The third-order valence-electron chi connectivity index (χ3n) is 6.81. The zero-order valence-corrected chi connectivity index (χ0v) is 16.2. The molecule has 5 rings (SSSR count). The maximum Gasteiger partial charge on any atom is 0.271 e. The zero-order chi connectivity index (χ0) is 20.4. The molecule has 0 aliphatic heterocycles. The van der Waals surface area contributed by atoms with E-state index in [0.717, 1.165) is 28.8 Å². The minimum Gasteiger partial charge on any atom is -0.325 e. The van der Waals surface area contributed by atoms with E-state index in [4.69, 9.17) is 9.97 Å². The molecule has 1 saturated carbocycles. The fourth-order valence-corrected chi connectivity index (χ4v) is 5.26. The summed E-state index contributed by atoms with van der Waals surface area (Å²) in [4.78, 5) is 34.0. The van der Waals surface area contributed by atoms with Crippen molar-refractivity contribution in [2.45, 2.75) is 38.0 Å². The van der Waals surface area contributed by atoms with Gasteiger partial charge < -0.3 is 5.32 Å². The van der Waals surface area contributed by atoms with Gasteiger partial charge in [-0.25, -0.2) is 9.97 Å². The summed E-state index contributed by atoms with van der Waals surface area (Å²) in [6, 6.07) is 13.7. The lowest BCUT2D eigenvalue weighted by Gasteiger charge is -2.36. The lowest BCUT2D eigenvalue weighted by atomic mass is 9.67. The number of nitrogens with zero attached hydrogens (tertiary/aromatic N) is 3. The SMILES string of the molecule is CC1(C)C2CCC1(C(=O)Nc1cccc([N+](=O)[O-])c1)c1nc3ccccc3nc12. The van der Waals surface area contributed by atoms with Crippen LogP contribution < -0.4 is 5.32 Å². The van der Waals surface area contributed by atoms with Crippen molar-refractivity contribution in [1.82, 2.24) is 9.97 Å². The van der Waals surface area contributed by atoms with Crippen molar-refractivity contribution in [3.63, 3.8) is 0 Å². The Kier molecular flexibility index (Phi) is 3.56. The molecule has 0 radical (unpaired) electrons. The lowest BCUT2D eigenvalue weighted by Crippen LogP contribution is -2.46. The van der Waals surface area contributed by atoms with Crippen molar-refractivity contribution < 1.29 is 9.72 Å². The summed E-state index contributed by atoms with van der Waals surface area (Å²) in [5, 5.41) is 14.0. The number of non-ortho nitro benzene ring substituents is 1. The topological polar surface area (TPSA) is 98.0 Å². The molecule has 2 aromatic carbocycles. The van der Waals surface area contributed by atoms with Crippen molar-refractivity contribution in [3.8, 4) is 0 Å². The van der Waals surface area contributed by atoms with Crippen LogP contribution in [0.5, 0.6) is 0 Å². The summed E-state index contributed by atoms with van der Waals surface area (Å²) in [5.74, 6) is -0.0145. The van der Waals surface area contributed by atoms with Crippen LogP contribution in [0.15, 0.2) is 48.5 Å². The number of nitro benzene ring substituents is 1. The monoisotopic (exact) mass is 388 g/mol. The summed E-state index contributed by atoms with van der Waals surface area (Å²) >= 11 is 0. The number of aromatic nitrogens is 2. The van der Waals surface area contributed by atoms with Gasteiger partial charge in [0.25, 0.3) is 5.69 Å². The molecule has 2 aliphatic rings. The van der Waals surface area contributed by atoms with Gasteiger partial charge in [-0.2, -0.15) is 0 Å². The number of hydrogen-bond acceptors (Lipinski definition) is 5. The van der Waals surface area contributed by atoms with Gasteiger partial charge in [0.15, 0.2) is 0 Å². The van der Waals surface area contributed by atoms with Gasteiger partial charge in [-0.05, 0) is 36.5 Å². The van der Waals surface area contributed by atoms with E-state index >= 15 is 0 Å². The van der Waals surface area contributed by atoms with E-state index in [1.807, 2.05) is 24.3 Å². The van der Waals surface area contributed by atoms with Crippen LogP contribution in [0.25, 0.3) is 11.0 Å². The highest BCUT2D eigenvalue weighted by atomic mass is 16.6. The number of carbonyl (C=O) groups is 1. The Morgan fingerprint density at radius 1 is 1.14 bits per heavy atom. The summed E-state index contributed by atoms with van der Waals surface area (Å²) < 4.78 is 0. The fourth-order valence-electron chi connectivity index (χ4n) is 5.26. The van der Waals surface area contributed by atoms with Gasteiger partial charge >= 0.3 is 0 Å². The summed E-state index contributed by atoms with van der Waals surface area (Å²) in [6.07, 6.45) is 1.56. The molecule has 2 atom stereocenters. The van der Waals surface area contributed by atoms with Crippen LogP contribution in [0.2, 0.25) is 0 Å². The first-order chi connectivity index (χ1) is 13.8. The molecule has 1 amide bonds. The van der Waals surface area contributed by atoms with Crippen LogP contribution in [0.4, 0.5) is 11.4 Å². The number of para-hydroxylation sites is 2. The number of anilines is 1. The molecule has 2 unspecified atom stereocenters. The van der Waals surface area contributed by atoms with Crippen LogP contribution in [-0.2, 0) is 10.2 Å². The number of benzene rings is 2. The molecule has 1 fully saturated rings. The average molecular weight is 388 g/mol. The summed E-state index contributed by atoms with van der Waals surface area (Å²) in [6.45, 7) is 4.21. The second-order valence-electron chi connectivity index (χ2n) is 8.43. The first-order valence-electron chi connectivity index (χ1n) is 9.68. The van der Waals surface area contributed by atoms with Gasteiger partial charge in [0.2, 0.25) is 5.91 Å². The van der Waals surface area contributed by atoms with Crippen molar-refractivity contribution in [3.05, 3.63) is 70.0 Å². The Balaban J connectivity index is 1.62. The van der Waals surface area contributed by atoms with E-state index in [0.29, 0.717) is 12.1 Å². The van der Waals surface area contributed by atoms with Crippen LogP contribution in [-0.4, -0.2) is 20.8 Å². The molecule has 1 N–H and O–H groups in total. The standard InChI is InChI=1S/C22H20N4O3/c1-21(2)15-10-11-22(21,19-18(15)24-16-8-3-4-9-17(16)25-19)20(27)23-13-6-5-7-14(12-13)26(28)29/h3-9,12,15H,10-11H2,1-2H3,(H,23,27). The number of nitro groups is 1. The first-order valence-corrected chi connectivity index (χ1v) is 9.68. The van der Waals surface area contributed by atoms with Gasteiger partial charge in [0.05, 0.1) is 32.8 Å². The number of rotatable bonds is 3. The molecular weight excluding hydrogens is 368 g/mol. The summed E-state index contributed by atoms with van der Waals surface area (Å²) in [5.41, 5.74) is 2.48. The van der Waals surface area contributed by atoms with Gasteiger partial charge in [-0.1, -0.05) is 32.0 Å². The quantitative estimate of drug-likeness (QED) is 0.532. The number of amides is 1. The Hall–Kier alpha value is -3.35. The number of nitrogens with one attached hydrogen (secondary N) is 1. The van der Waals surface area contributed by atoms with Crippen molar-refractivity contribution in [2.24, 2.45) is 5.41 Å². The van der Waals surface area contributed by atoms with Crippen LogP contribution in [0, 0.1) is 15.5 Å². The molecule has 7 nitrogen and oxygen atoms in total. The van der Waals surface area contributed by atoms with Gasteiger partial charge in [-0.15, -0.1) is 0 Å². The number of fused-ring (bicyclic) bond motifs is 6. The van der Waals surface area contributed by atoms with E-state index in [-0.39, 0.29) is 22.9 Å². The van der Waals surface area contributed by atoms with Crippen LogP contribution in [0.1, 0.15) is 44.0 Å². The van der Waals surface area contributed by atoms with E-state index in [1.165, 1.54) is 12.1 Å².